The lowest BCUT2D eigenvalue weighted by atomic mass is 10.2. The van der Waals surface area contributed by atoms with Gasteiger partial charge in [-0.3, -0.25) is 4.79 Å². The highest BCUT2D eigenvalue weighted by Gasteiger charge is 2.08. The summed E-state index contributed by atoms with van der Waals surface area (Å²) in [5.74, 6) is -0.320. The van der Waals surface area contributed by atoms with E-state index in [0.717, 1.165) is 10.0 Å². The lowest BCUT2D eigenvalue weighted by Gasteiger charge is -2.09. The molecule has 0 aliphatic heterocycles. The van der Waals surface area contributed by atoms with Gasteiger partial charge in [0.05, 0.1) is 10.2 Å². The molecule has 0 bridgehead atoms. The molecule has 0 saturated heterocycles. The van der Waals surface area contributed by atoms with E-state index in [4.69, 9.17) is 4.74 Å². The van der Waals surface area contributed by atoms with Gasteiger partial charge in [0.2, 0.25) is 0 Å². The Kier molecular flexibility index (Phi) is 4.74. The maximum absolute atomic E-state index is 13.4. The zero-order valence-electron chi connectivity index (χ0n) is 10.8. The Morgan fingerprint density at radius 2 is 2.05 bits per heavy atom. The maximum Gasteiger partial charge on any atom is 0.262 e. The molecule has 3 nitrogen and oxygen atoms in total. The summed E-state index contributed by atoms with van der Waals surface area (Å²) >= 11 is 3.36. The van der Waals surface area contributed by atoms with Crippen LogP contribution in [0, 0.1) is 12.7 Å². The van der Waals surface area contributed by atoms with E-state index in [1.165, 1.54) is 12.1 Å². The number of carbonyl (C=O) groups excluding carboxylic acids is 1. The van der Waals surface area contributed by atoms with Crippen molar-refractivity contribution in [2.24, 2.45) is 0 Å². The Bertz CT molecular complexity index is 631. The maximum atomic E-state index is 13.4. The van der Waals surface area contributed by atoms with Crippen molar-refractivity contribution < 1.29 is 13.9 Å². The number of carbonyl (C=O) groups is 1. The Labute approximate surface area is 124 Å². The predicted octanol–water partition coefficient (Wildman–Crippen LogP) is 3.91. The first-order valence-electron chi connectivity index (χ1n) is 5.99. The molecule has 0 heterocycles. The van der Waals surface area contributed by atoms with Gasteiger partial charge in [0, 0.05) is 0 Å². The molecule has 0 unspecified atom stereocenters. The van der Waals surface area contributed by atoms with Gasteiger partial charge in [-0.2, -0.15) is 0 Å². The van der Waals surface area contributed by atoms with E-state index in [-0.39, 0.29) is 12.3 Å². The number of nitrogens with one attached hydrogen (secondary N) is 1. The third-order valence-electron chi connectivity index (χ3n) is 2.59. The highest BCUT2D eigenvalue weighted by atomic mass is 79.9. The van der Waals surface area contributed by atoms with Crippen LogP contribution in [-0.2, 0) is 4.79 Å². The van der Waals surface area contributed by atoms with Crippen molar-refractivity contribution in [3.05, 3.63) is 58.3 Å². The Morgan fingerprint density at radius 3 is 2.75 bits per heavy atom. The summed E-state index contributed by atoms with van der Waals surface area (Å²) in [6.07, 6.45) is 0. The predicted molar refractivity (Wildman–Crippen MR) is 79.4 cm³/mol. The number of hydrogen-bond donors (Lipinski definition) is 1. The molecule has 0 aromatic heterocycles. The quantitative estimate of drug-likeness (QED) is 0.918. The van der Waals surface area contributed by atoms with E-state index >= 15 is 0 Å². The molecule has 0 aliphatic carbocycles. The van der Waals surface area contributed by atoms with Gasteiger partial charge in [-0.05, 0) is 52.7 Å². The number of rotatable bonds is 4. The number of aryl methyl sites for hydroxylation is 1. The minimum atomic E-state index is -0.475. The van der Waals surface area contributed by atoms with Gasteiger partial charge in [-0.25, -0.2) is 4.39 Å². The Balaban J connectivity index is 1.94. The number of hydrogen-bond acceptors (Lipinski definition) is 2. The van der Waals surface area contributed by atoms with Crippen LogP contribution in [0.5, 0.6) is 5.75 Å². The van der Waals surface area contributed by atoms with Gasteiger partial charge >= 0.3 is 0 Å². The van der Waals surface area contributed by atoms with Gasteiger partial charge < -0.3 is 10.1 Å². The van der Waals surface area contributed by atoms with E-state index in [9.17, 15) is 9.18 Å². The van der Waals surface area contributed by atoms with Crippen LogP contribution in [0.3, 0.4) is 0 Å². The molecule has 0 atom stereocenters. The second-order valence-electron chi connectivity index (χ2n) is 4.25. The Hall–Kier alpha value is -1.88. The molecule has 2 aromatic rings. The summed E-state index contributed by atoms with van der Waals surface area (Å²) in [6, 6.07) is 11.5. The largest absolute Gasteiger partial charge is 0.483 e. The minimum absolute atomic E-state index is 0.143. The first-order valence-corrected chi connectivity index (χ1v) is 6.79. The molecule has 0 fully saturated rings. The van der Waals surface area contributed by atoms with Gasteiger partial charge in [-0.15, -0.1) is 0 Å². The Morgan fingerprint density at radius 1 is 1.30 bits per heavy atom. The summed E-state index contributed by atoms with van der Waals surface area (Å²) in [5, 5.41) is 2.46. The average Bonchev–Trinajstić information content (AvgIpc) is 2.40. The van der Waals surface area contributed by atoms with Gasteiger partial charge in [-0.1, -0.05) is 18.2 Å². The van der Waals surface area contributed by atoms with Crippen LogP contribution in [0.15, 0.2) is 46.9 Å². The number of benzene rings is 2. The van der Waals surface area contributed by atoms with Crippen LogP contribution in [0.4, 0.5) is 10.1 Å². The second kappa shape index (κ2) is 6.52. The summed E-state index contributed by atoms with van der Waals surface area (Å²) in [7, 11) is 0. The van der Waals surface area contributed by atoms with Gasteiger partial charge in [0.15, 0.2) is 6.61 Å². The summed E-state index contributed by atoms with van der Waals surface area (Å²) in [6.45, 7) is 1.77. The van der Waals surface area contributed by atoms with Crippen molar-refractivity contribution in [1.29, 1.82) is 0 Å². The number of ether oxygens (including phenoxy) is 1. The molecule has 0 radical (unpaired) electrons. The summed E-state index contributed by atoms with van der Waals surface area (Å²) < 4.78 is 19.5. The highest BCUT2D eigenvalue weighted by molar-refractivity contribution is 9.10. The minimum Gasteiger partial charge on any atom is -0.483 e. The van der Waals surface area contributed by atoms with Crippen LogP contribution in [-0.4, -0.2) is 12.5 Å². The molecule has 1 amide bonds. The number of para-hydroxylation sites is 1. The molecule has 2 aromatic carbocycles. The van der Waals surface area contributed by atoms with Crippen LogP contribution < -0.4 is 10.1 Å². The molecular formula is C15H13BrFNO2. The zero-order chi connectivity index (χ0) is 14.5. The molecule has 0 aliphatic rings. The molecular weight excluding hydrogens is 325 g/mol. The van der Waals surface area contributed by atoms with Gasteiger partial charge in [0.25, 0.3) is 5.91 Å². The fourth-order valence-corrected chi connectivity index (χ4v) is 2.22. The molecule has 5 heteroatoms. The van der Waals surface area contributed by atoms with E-state index < -0.39 is 11.7 Å². The first kappa shape index (κ1) is 14.5. The second-order valence-corrected chi connectivity index (χ2v) is 5.10. The van der Waals surface area contributed by atoms with Crippen molar-refractivity contribution in [2.75, 3.05) is 11.9 Å². The molecule has 0 spiro atoms. The van der Waals surface area contributed by atoms with E-state index in [2.05, 4.69) is 21.2 Å². The highest BCUT2D eigenvalue weighted by Crippen LogP contribution is 2.25. The number of amides is 1. The standard InChI is InChI=1S/C15H13BrFNO2/c1-10-6-7-14(11(16)8-10)20-9-15(19)18-13-5-3-2-4-12(13)17/h2-8H,9H2,1H3,(H,18,19). The van der Waals surface area contributed by atoms with E-state index in [0.29, 0.717) is 5.75 Å². The number of anilines is 1. The third-order valence-corrected chi connectivity index (χ3v) is 3.21. The first-order chi connectivity index (χ1) is 9.56. The van der Waals surface area contributed by atoms with Crippen LogP contribution in [0.25, 0.3) is 0 Å². The summed E-state index contributed by atoms with van der Waals surface area (Å²) in [5.41, 5.74) is 1.23. The van der Waals surface area contributed by atoms with Crippen molar-refractivity contribution in [2.45, 2.75) is 6.92 Å². The van der Waals surface area contributed by atoms with Crippen molar-refractivity contribution in [3.63, 3.8) is 0 Å². The fourth-order valence-electron chi connectivity index (χ4n) is 1.62. The summed E-state index contributed by atoms with van der Waals surface area (Å²) in [4.78, 5) is 11.7. The van der Waals surface area contributed by atoms with Gasteiger partial charge in [0.1, 0.15) is 11.6 Å². The topological polar surface area (TPSA) is 38.3 Å². The van der Waals surface area contributed by atoms with Crippen LogP contribution in [0.1, 0.15) is 5.56 Å². The lowest BCUT2D eigenvalue weighted by Crippen LogP contribution is -2.20. The smallest absolute Gasteiger partial charge is 0.262 e. The van der Waals surface area contributed by atoms with Crippen LogP contribution in [0.2, 0.25) is 0 Å². The lowest BCUT2D eigenvalue weighted by molar-refractivity contribution is -0.118. The average molecular weight is 338 g/mol. The van der Waals surface area contributed by atoms with Crippen molar-refractivity contribution >= 4 is 27.5 Å². The third kappa shape index (κ3) is 3.81. The fraction of sp³-hybridized carbons (Fsp3) is 0.133. The molecule has 0 saturated carbocycles. The van der Waals surface area contributed by atoms with E-state index in [1.54, 1.807) is 18.2 Å². The van der Waals surface area contributed by atoms with Crippen molar-refractivity contribution in [1.82, 2.24) is 0 Å². The number of halogens is 2. The van der Waals surface area contributed by atoms with E-state index in [1.807, 2.05) is 19.1 Å². The van der Waals surface area contributed by atoms with Crippen molar-refractivity contribution in [3.8, 4) is 5.75 Å². The normalized spacial score (nSPS) is 10.2. The molecule has 2 rings (SSSR count). The van der Waals surface area contributed by atoms with Crippen LogP contribution >= 0.6 is 15.9 Å². The SMILES string of the molecule is Cc1ccc(OCC(=O)Nc2ccccc2F)c(Br)c1. The monoisotopic (exact) mass is 337 g/mol. The zero-order valence-corrected chi connectivity index (χ0v) is 12.4. The molecule has 20 heavy (non-hydrogen) atoms. The molecule has 1 N–H and O–H groups in total. The molecule has 104 valence electrons.